The monoisotopic (exact) mass is 299 g/mol. The fourth-order valence-electron chi connectivity index (χ4n) is 1.58. The number of hydrogen-bond acceptors (Lipinski definition) is 3. The standard InChI is InChI=1S/C12H14ClN3O2S/c13-6-5-10-1-3-12(4-2-10)19(17,18)16-8-11-7-14-9-15-11/h1-4,7,9,16H,5-6,8H2,(H,14,15). The van der Waals surface area contributed by atoms with E-state index in [2.05, 4.69) is 14.7 Å². The Morgan fingerprint density at radius 2 is 2.00 bits per heavy atom. The molecule has 2 N–H and O–H groups in total. The number of rotatable bonds is 6. The van der Waals surface area contributed by atoms with Crippen molar-refractivity contribution >= 4 is 21.6 Å². The molecule has 0 aliphatic carbocycles. The number of aryl methyl sites for hydroxylation is 1. The van der Waals surface area contributed by atoms with Crippen LogP contribution in [0.15, 0.2) is 41.7 Å². The van der Waals surface area contributed by atoms with Gasteiger partial charge >= 0.3 is 0 Å². The lowest BCUT2D eigenvalue weighted by atomic mass is 10.2. The van der Waals surface area contributed by atoms with Gasteiger partial charge in [-0.1, -0.05) is 12.1 Å². The maximum atomic E-state index is 12.0. The molecular formula is C12H14ClN3O2S. The van der Waals surface area contributed by atoms with Crippen LogP contribution in [0.4, 0.5) is 0 Å². The zero-order valence-electron chi connectivity index (χ0n) is 10.1. The van der Waals surface area contributed by atoms with Gasteiger partial charge in [0.15, 0.2) is 0 Å². The Labute approximate surface area is 117 Å². The second-order valence-electron chi connectivity index (χ2n) is 3.98. The van der Waals surface area contributed by atoms with Gasteiger partial charge in [0.1, 0.15) is 0 Å². The summed E-state index contributed by atoms with van der Waals surface area (Å²) >= 11 is 5.63. The van der Waals surface area contributed by atoms with Crippen molar-refractivity contribution in [2.45, 2.75) is 17.9 Å². The van der Waals surface area contributed by atoms with Crippen molar-refractivity contribution in [1.82, 2.24) is 14.7 Å². The van der Waals surface area contributed by atoms with Crippen LogP contribution in [0.3, 0.4) is 0 Å². The van der Waals surface area contributed by atoms with Gasteiger partial charge < -0.3 is 4.98 Å². The highest BCUT2D eigenvalue weighted by molar-refractivity contribution is 7.89. The third-order valence-corrected chi connectivity index (χ3v) is 4.23. The average Bonchev–Trinajstić information content (AvgIpc) is 2.91. The number of halogens is 1. The molecule has 0 amide bonds. The number of alkyl halides is 1. The van der Waals surface area contributed by atoms with E-state index in [1.165, 1.54) is 6.33 Å². The second kappa shape index (κ2) is 6.18. The van der Waals surface area contributed by atoms with Gasteiger partial charge in [0.2, 0.25) is 10.0 Å². The number of nitrogens with one attached hydrogen (secondary N) is 2. The number of H-pyrrole nitrogens is 1. The lowest BCUT2D eigenvalue weighted by Gasteiger charge is -2.06. The quantitative estimate of drug-likeness (QED) is 0.797. The zero-order valence-corrected chi connectivity index (χ0v) is 11.7. The van der Waals surface area contributed by atoms with Gasteiger partial charge in [0, 0.05) is 17.8 Å². The van der Waals surface area contributed by atoms with E-state index in [0.29, 0.717) is 11.6 Å². The molecule has 2 aromatic rings. The van der Waals surface area contributed by atoms with Gasteiger partial charge in [-0.3, -0.25) is 0 Å². The molecule has 2 rings (SSSR count). The number of aromatic nitrogens is 2. The third kappa shape index (κ3) is 3.79. The van der Waals surface area contributed by atoms with Gasteiger partial charge in [-0.05, 0) is 24.1 Å². The summed E-state index contributed by atoms with van der Waals surface area (Å²) in [7, 11) is -3.50. The number of benzene rings is 1. The Morgan fingerprint density at radius 1 is 1.26 bits per heavy atom. The topological polar surface area (TPSA) is 74.8 Å². The molecular weight excluding hydrogens is 286 g/mol. The Balaban J connectivity index is 2.06. The minimum Gasteiger partial charge on any atom is -0.347 e. The van der Waals surface area contributed by atoms with Crippen molar-refractivity contribution in [3.05, 3.63) is 48.0 Å². The van der Waals surface area contributed by atoms with Crippen LogP contribution < -0.4 is 4.72 Å². The van der Waals surface area contributed by atoms with Crippen molar-refractivity contribution in [3.8, 4) is 0 Å². The molecule has 1 heterocycles. The lowest BCUT2D eigenvalue weighted by molar-refractivity contribution is 0.580. The highest BCUT2D eigenvalue weighted by Gasteiger charge is 2.13. The molecule has 0 bridgehead atoms. The summed E-state index contributed by atoms with van der Waals surface area (Å²) in [5, 5.41) is 0. The van der Waals surface area contributed by atoms with E-state index >= 15 is 0 Å². The molecule has 0 aliphatic rings. The van der Waals surface area contributed by atoms with Crippen molar-refractivity contribution in [2.24, 2.45) is 0 Å². The summed E-state index contributed by atoms with van der Waals surface area (Å²) in [6, 6.07) is 6.70. The van der Waals surface area contributed by atoms with Crippen molar-refractivity contribution in [1.29, 1.82) is 0 Å². The Bertz CT molecular complexity index is 609. The predicted octanol–water partition coefficient (Wildman–Crippen LogP) is 1.67. The first-order chi connectivity index (χ1) is 9.12. The molecule has 0 saturated carbocycles. The summed E-state index contributed by atoms with van der Waals surface area (Å²) in [5.74, 6) is 0.518. The van der Waals surface area contributed by atoms with Crippen molar-refractivity contribution in [2.75, 3.05) is 5.88 Å². The highest BCUT2D eigenvalue weighted by atomic mass is 35.5. The molecule has 5 nitrogen and oxygen atoms in total. The van der Waals surface area contributed by atoms with E-state index in [0.717, 1.165) is 12.0 Å². The molecule has 0 atom stereocenters. The van der Waals surface area contributed by atoms with Crippen molar-refractivity contribution < 1.29 is 8.42 Å². The number of nitrogens with zero attached hydrogens (tertiary/aromatic N) is 1. The van der Waals surface area contributed by atoms with Crippen LogP contribution in [-0.4, -0.2) is 24.3 Å². The number of sulfonamides is 1. The second-order valence-corrected chi connectivity index (χ2v) is 6.13. The van der Waals surface area contributed by atoms with Crippen LogP contribution >= 0.6 is 11.6 Å². The van der Waals surface area contributed by atoms with E-state index < -0.39 is 10.0 Å². The molecule has 1 aromatic heterocycles. The molecule has 0 spiro atoms. The summed E-state index contributed by atoms with van der Waals surface area (Å²) in [6.45, 7) is 0.186. The third-order valence-electron chi connectivity index (χ3n) is 2.62. The van der Waals surface area contributed by atoms with Gasteiger partial charge in [0.25, 0.3) is 0 Å². The van der Waals surface area contributed by atoms with Crippen LogP contribution in [-0.2, 0) is 23.0 Å². The smallest absolute Gasteiger partial charge is 0.240 e. The SMILES string of the molecule is O=S(=O)(NCc1cnc[nH]1)c1ccc(CCCl)cc1. The maximum absolute atomic E-state index is 12.0. The van der Waals surface area contributed by atoms with Crippen molar-refractivity contribution in [3.63, 3.8) is 0 Å². The number of imidazole rings is 1. The number of hydrogen-bond donors (Lipinski definition) is 2. The van der Waals surface area contributed by atoms with Gasteiger partial charge in [-0.25, -0.2) is 18.1 Å². The van der Waals surface area contributed by atoms with E-state index in [1.807, 2.05) is 0 Å². The molecule has 1 aromatic carbocycles. The first-order valence-corrected chi connectivity index (χ1v) is 7.75. The fraction of sp³-hybridized carbons (Fsp3) is 0.250. The first-order valence-electron chi connectivity index (χ1n) is 5.73. The molecule has 102 valence electrons. The van der Waals surface area contributed by atoms with Crippen LogP contribution in [0.2, 0.25) is 0 Å². The Morgan fingerprint density at radius 3 is 2.58 bits per heavy atom. The largest absolute Gasteiger partial charge is 0.347 e. The minimum absolute atomic E-state index is 0.186. The van der Waals surface area contributed by atoms with E-state index in [1.54, 1.807) is 30.5 Å². The predicted molar refractivity (Wildman–Crippen MR) is 73.5 cm³/mol. The van der Waals surface area contributed by atoms with Crippen LogP contribution in [0, 0.1) is 0 Å². The molecule has 0 fully saturated rings. The van der Waals surface area contributed by atoms with Crippen LogP contribution in [0.25, 0.3) is 0 Å². The van der Waals surface area contributed by atoms with Gasteiger partial charge in [-0.15, -0.1) is 11.6 Å². The van der Waals surface area contributed by atoms with E-state index in [-0.39, 0.29) is 11.4 Å². The summed E-state index contributed by atoms with van der Waals surface area (Å²) in [6.07, 6.45) is 3.81. The molecule has 0 radical (unpaired) electrons. The van der Waals surface area contributed by atoms with Crippen LogP contribution in [0.5, 0.6) is 0 Å². The number of aromatic amines is 1. The molecule has 0 unspecified atom stereocenters. The average molecular weight is 300 g/mol. The summed E-state index contributed by atoms with van der Waals surface area (Å²) in [5.41, 5.74) is 1.73. The van der Waals surface area contributed by atoms with E-state index in [4.69, 9.17) is 11.6 Å². The summed E-state index contributed by atoms with van der Waals surface area (Å²) in [4.78, 5) is 6.90. The molecule has 19 heavy (non-hydrogen) atoms. The minimum atomic E-state index is -3.50. The van der Waals surface area contributed by atoms with Gasteiger partial charge in [0.05, 0.1) is 17.8 Å². The Kier molecular flexibility index (Phi) is 4.57. The zero-order chi connectivity index (χ0) is 13.7. The molecule has 0 saturated heterocycles. The molecule has 7 heteroatoms. The van der Waals surface area contributed by atoms with E-state index in [9.17, 15) is 8.42 Å². The first kappa shape index (κ1) is 14.0. The molecule has 0 aliphatic heterocycles. The maximum Gasteiger partial charge on any atom is 0.240 e. The Hall–Kier alpha value is -1.37. The lowest BCUT2D eigenvalue weighted by Crippen LogP contribution is -2.23. The normalized spacial score (nSPS) is 11.6. The van der Waals surface area contributed by atoms with Gasteiger partial charge in [-0.2, -0.15) is 0 Å². The fourth-order valence-corrected chi connectivity index (χ4v) is 2.81. The highest BCUT2D eigenvalue weighted by Crippen LogP contribution is 2.11. The van der Waals surface area contributed by atoms with Crippen LogP contribution in [0.1, 0.15) is 11.3 Å². The summed E-state index contributed by atoms with van der Waals surface area (Å²) < 4.78 is 26.6.